The SMILES string of the molecule is COc1ccc(-c2cnn(C(C)C(=O)Nc3ccc(C)c(Cl)c3)c(=O)n2)cc1. The minimum absolute atomic E-state index is 0.395. The summed E-state index contributed by atoms with van der Waals surface area (Å²) in [5.41, 5.74) is 1.98. The van der Waals surface area contributed by atoms with Crippen LogP contribution in [0.3, 0.4) is 0 Å². The summed E-state index contributed by atoms with van der Waals surface area (Å²) in [6.07, 6.45) is 1.45. The van der Waals surface area contributed by atoms with Gasteiger partial charge in [0, 0.05) is 16.3 Å². The van der Waals surface area contributed by atoms with E-state index in [1.54, 1.807) is 56.5 Å². The van der Waals surface area contributed by atoms with Gasteiger partial charge in [0.2, 0.25) is 5.91 Å². The van der Waals surface area contributed by atoms with Crippen molar-refractivity contribution in [2.75, 3.05) is 12.4 Å². The van der Waals surface area contributed by atoms with Gasteiger partial charge in [-0.15, -0.1) is 0 Å². The standard InChI is InChI=1S/C20H19ClN4O3/c1-12-4-7-15(10-17(12)21)23-19(26)13(2)25-20(27)24-18(11-22-25)14-5-8-16(28-3)9-6-14/h4-11,13H,1-3H3,(H,23,26). The Hall–Kier alpha value is -3.19. The number of ether oxygens (including phenoxy) is 1. The van der Waals surface area contributed by atoms with E-state index in [4.69, 9.17) is 16.3 Å². The zero-order chi connectivity index (χ0) is 20.3. The van der Waals surface area contributed by atoms with E-state index in [0.717, 1.165) is 15.8 Å². The molecule has 0 aliphatic heterocycles. The van der Waals surface area contributed by atoms with E-state index in [9.17, 15) is 9.59 Å². The molecule has 28 heavy (non-hydrogen) atoms. The predicted molar refractivity (Wildman–Crippen MR) is 108 cm³/mol. The molecule has 1 amide bonds. The minimum atomic E-state index is -0.843. The Morgan fingerprint density at radius 2 is 1.93 bits per heavy atom. The van der Waals surface area contributed by atoms with E-state index in [2.05, 4.69) is 15.4 Å². The van der Waals surface area contributed by atoms with Crippen LogP contribution in [0.1, 0.15) is 18.5 Å². The smallest absolute Gasteiger partial charge is 0.365 e. The lowest BCUT2D eigenvalue weighted by molar-refractivity contribution is -0.119. The van der Waals surface area contributed by atoms with Gasteiger partial charge in [0.15, 0.2) is 0 Å². The number of carbonyl (C=O) groups excluding carboxylic acids is 1. The lowest BCUT2D eigenvalue weighted by atomic mass is 10.1. The van der Waals surface area contributed by atoms with Crippen molar-refractivity contribution in [2.45, 2.75) is 19.9 Å². The number of anilines is 1. The van der Waals surface area contributed by atoms with Crippen LogP contribution in [0.2, 0.25) is 5.02 Å². The molecule has 1 N–H and O–H groups in total. The summed E-state index contributed by atoms with van der Waals surface area (Å²) in [6, 6.07) is 11.5. The van der Waals surface area contributed by atoms with Crippen LogP contribution in [0.5, 0.6) is 5.75 Å². The first-order valence-corrected chi connectivity index (χ1v) is 8.94. The highest BCUT2D eigenvalue weighted by molar-refractivity contribution is 6.31. The third kappa shape index (κ3) is 4.20. The van der Waals surface area contributed by atoms with Crippen molar-refractivity contribution in [2.24, 2.45) is 0 Å². The van der Waals surface area contributed by atoms with Gasteiger partial charge in [0.1, 0.15) is 11.8 Å². The molecule has 0 aliphatic carbocycles. The summed E-state index contributed by atoms with van der Waals surface area (Å²) in [5, 5.41) is 7.39. The van der Waals surface area contributed by atoms with Crippen molar-refractivity contribution >= 4 is 23.2 Å². The number of nitrogens with one attached hydrogen (secondary N) is 1. The van der Waals surface area contributed by atoms with Gasteiger partial charge in [0.05, 0.1) is 19.0 Å². The summed E-state index contributed by atoms with van der Waals surface area (Å²) in [4.78, 5) is 28.9. The Labute approximate surface area is 166 Å². The summed E-state index contributed by atoms with van der Waals surface area (Å²) >= 11 is 6.08. The number of benzene rings is 2. The van der Waals surface area contributed by atoms with E-state index in [1.165, 1.54) is 6.20 Å². The second-order valence-corrected chi connectivity index (χ2v) is 6.63. The molecular formula is C20H19ClN4O3. The van der Waals surface area contributed by atoms with Crippen LogP contribution in [0.15, 0.2) is 53.5 Å². The van der Waals surface area contributed by atoms with Crippen LogP contribution in [0, 0.1) is 6.92 Å². The number of halogens is 1. The molecule has 0 radical (unpaired) electrons. The zero-order valence-corrected chi connectivity index (χ0v) is 16.4. The van der Waals surface area contributed by atoms with Gasteiger partial charge in [-0.1, -0.05) is 17.7 Å². The molecule has 1 heterocycles. The Morgan fingerprint density at radius 1 is 1.21 bits per heavy atom. The van der Waals surface area contributed by atoms with Gasteiger partial charge in [-0.25, -0.2) is 9.48 Å². The maximum atomic E-state index is 12.5. The largest absolute Gasteiger partial charge is 0.497 e. The maximum Gasteiger partial charge on any atom is 0.365 e. The van der Waals surface area contributed by atoms with Crippen LogP contribution in [0.25, 0.3) is 11.3 Å². The highest BCUT2D eigenvalue weighted by Crippen LogP contribution is 2.21. The molecule has 3 rings (SSSR count). The van der Waals surface area contributed by atoms with Gasteiger partial charge < -0.3 is 10.1 Å². The molecule has 0 bridgehead atoms. The van der Waals surface area contributed by atoms with Crippen molar-refractivity contribution in [1.29, 1.82) is 0 Å². The first kappa shape index (κ1) is 19.6. The van der Waals surface area contributed by atoms with Crippen LogP contribution in [0.4, 0.5) is 5.69 Å². The topological polar surface area (TPSA) is 86.1 Å². The Balaban J connectivity index is 1.79. The third-order valence-electron chi connectivity index (χ3n) is 4.29. The van der Waals surface area contributed by atoms with E-state index < -0.39 is 17.6 Å². The van der Waals surface area contributed by atoms with Crippen LogP contribution in [-0.2, 0) is 4.79 Å². The fourth-order valence-corrected chi connectivity index (χ4v) is 2.72. The fraction of sp³-hybridized carbons (Fsp3) is 0.200. The molecule has 0 aliphatic rings. The van der Waals surface area contributed by atoms with Crippen molar-refractivity contribution in [1.82, 2.24) is 14.8 Å². The molecule has 1 aromatic heterocycles. The lowest BCUT2D eigenvalue weighted by Gasteiger charge is -2.14. The number of rotatable bonds is 5. The predicted octanol–water partition coefficient (Wildman–Crippen LogP) is 3.48. The highest BCUT2D eigenvalue weighted by atomic mass is 35.5. The monoisotopic (exact) mass is 398 g/mol. The first-order chi connectivity index (χ1) is 13.4. The lowest BCUT2D eigenvalue weighted by Crippen LogP contribution is -2.34. The van der Waals surface area contributed by atoms with Gasteiger partial charge >= 0.3 is 5.69 Å². The molecule has 0 spiro atoms. The molecule has 144 valence electrons. The number of hydrogen-bond donors (Lipinski definition) is 1. The van der Waals surface area contributed by atoms with Crippen molar-refractivity contribution in [3.63, 3.8) is 0 Å². The van der Waals surface area contributed by atoms with Gasteiger partial charge in [-0.05, 0) is 55.8 Å². The molecule has 3 aromatic rings. The van der Waals surface area contributed by atoms with Crippen LogP contribution >= 0.6 is 11.6 Å². The number of methoxy groups -OCH3 is 1. The highest BCUT2D eigenvalue weighted by Gasteiger charge is 2.19. The quantitative estimate of drug-likeness (QED) is 0.711. The van der Waals surface area contributed by atoms with Gasteiger partial charge in [-0.2, -0.15) is 10.1 Å². The summed E-state index contributed by atoms with van der Waals surface area (Å²) in [7, 11) is 1.58. The van der Waals surface area contributed by atoms with E-state index in [1.807, 2.05) is 6.92 Å². The van der Waals surface area contributed by atoms with Crippen molar-refractivity contribution in [3.05, 3.63) is 69.7 Å². The molecule has 0 saturated heterocycles. The number of aromatic nitrogens is 3. The van der Waals surface area contributed by atoms with Crippen molar-refractivity contribution < 1.29 is 9.53 Å². The Bertz CT molecular complexity index is 1060. The number of amides is 1. The zero-order valence-electron chi connectivity index (χ0n) is 15.6. The molecule has 0 fully saturated rings. The summed E-state index contributed by atoms with van der Waals surface area (Å²) in [6.45, 7) is 3.45. The van der Waals surface area contributed by atoms with E-state index >= 15 is 0 Å². The number of aryl methyl sites for hydroxylation is 1. The Kier molecular flexibility index (Phi) is 5.75. The summed E-state index contributed by atoms with van der Waals surface area (Å²) in [5.74, 6) is 0.306. The molecule has 1 atom stereocenters. The van der Waals surface area contributed by atoms with Gasteiger partial charge in [0.25, 0.3) is 0 Å². The van der Waals surface area contributed by atoms with E-state index in [-0.39, 0.29) is 0 Å². The Morgan fingerprint density at radius 3 is 2.54 bits per heavy atom. The maximum absolute atomic E-state index is 12.5. The minimum Gasteiger partial charge on any atom is -0.497 e. The molecule has 2 aromatic carbocycles. The first-order valence-electron chi connectivity index (χ1n) is 8.56. The molecule has 8 heteroatoms. The average molecular weight is 399 g/mol. The molecule has 1 unspecified atom stereocenters. The third-order valence-corrected chi connectivity index (χ3v) is 4.70. The molecular weight excluding hydrogens is 380 g/mol. The number of hydrogen-bond acceptors (Lipinski definition) is 5. The number of carbonyl (C=O) groups is 1. The van der Waals surface area contributed by atoms with E-state index in [0.29, 0.717) is 22.2 Å². The van der Waals surface area contributed by atoms with Crippen LogP contribution < -0.4 is 15.7 Å². The van der Waals surface area contributed by atoms with Gasteiger partial charge in [-0.3, -0.25) is 4.79 Å². The summed E-state index contributed by atoms with van der Waals surface area (Å²) < 4.78 is 6.15. The normalized spacial score (nSPS) is 11.7. The van der Waals surface area contributed by atoms with Crippen LogP contribution in [-0.4, -0.2) is 27.8 Å². The second kappa shape index (κ2) is 8.22. The fourth-order valence-electron chi connectivity index (χ4n) is 2.54. The average Bonchev–Trinajstić information content (AvgIpc) is 2.70. The second-order valence-electron chi connectivity index (χ2n) is 6.23. The molecule has 7 nitrogen and oxygen atoms in total. The molecule has 0 saturated carbocycles. The van der Waals surface area contributed by atoms with Crippen molar-refractivity contribution in [3.8, 4) is 17.0 Å². The number of nitrogens with zero attached hydrogens (tertiary/aromatic N) is 3.